The van der Waals surface area contributed by atoms with Gasteiger partial charge in [0, 0.05) is 35.9 Å². The highest BCUT2D eigenvalue weighted by Crippen LogP contribution is 2.28. The summed E-state index contributed by atoms with van der Waals surface area (Å²) in [6.07, 6.45) is 3.89. The van der Waals surface area contributed by atoms with Gasteiger partial charge in [0.05, 0.1) is 5.52 Å². The number of benzene rings is 2. The Bertz CT molecular complexity index is 1020. The Balaban J connectivity index is 1.80. The van der Waals surface area contributed by atoms with Crippen molar-refractivity contribution in [3.8, 4) is 5.75 Å². The predicted octanol–water partition coefficient (Wildman–Crippen LogP) is 5.93. The van der Waals surface area contributed by atoms with Gasteiger partial charge in [0.1, 0.15) is 5.60 Å². The number of anilines is 1. The zero-order chi connectivity index (χ0) is 21.9. The molecular weight excluding hydrogens is 383 g/mol. The van der Waals surface area contributed by atoms with E-state index in [0.29, 0.717) is 5.52 Å². The molecular formula is C24H29FN2O3. The largest absolute Gasteiger partial charge is 0.443 e. The van der Waals surface area contributed by atoms with Gasteiger partial charge in [0.25, 0.3) is 0 Å². The van der Waals surface area contributed by atoms with Gasteiger partial charge in [-0.15, -0.1) is 0 Å². The summed E-state index contributed by atoms with van der Waals surface area (Å²) in [7, 11) is 4.04. The number of carbonyl (C=O) groups is 1. The van der Waals surface area contributed by atoms with Crippen molar-refractivity contribution in [2.75, 3.05) is 19.0 Å². The van der Waals surface area contributed by atoms with Crippen LogP contribution in [0.4, 0.5) is 15.0 Å². The molecule has 0 aliphatic heterocycles. The van der Waals surface area contributed by atoms with Gasteiger partial charge in [0.15, 0.2) is 5.75 Å². The van der Waals surface area contributed by atoms with Crippen molar-refractivity contribution in [1.82, 2.24) is 4.57 Å². The van der Waals surface area contributed by atoms with E-state index >= 15 is 0 Å². The number of fused-ring (bicyclic) bond motifs is 1. The van der Waals surface area contributed by atoms with Crippen molar-refractivity contribution in [2.45, 2.75) is 45.6 Å². The van der Waals surface area contributed by atoms with E-state index in [1.807, 2.05) is 34.9 Å². The quantitative estimate of drug-likeness (QED) is 0.503. The standard InChI is InChI=1S/C24H29FN2O3/c1-24(2,3)29-23(28)27-16-18(21-15-20(30-25)13-14-22(21)27)8-6-7-17-9-11-19(12-10-17)26(4)5/h9-16H,6-8H2,1-5H3. The van der Waals surface area contributed by atoms with Crippen molar-refractivity contribution >= 4 is 22.7 Å². The molecule has 5 nitrogen and oxygen atoms in total. The van der Waals surface area contributed by atoms with Crippen LogP contribution in [-0.2, 0) is 17.6 Å². The van der Waals surface area contributed by atoms with Crippen molar-refractivity contribution < 1.29 is 19.0 Å². The average molecular weight is 413 g/mol. The van der Waals surface area contributed by atoms with Crippen LogP contribution >= 0.6 is 0 Å². The third-order valence-electron chi connectivity index (χ3n) is 4.90. The van der Waals surface area contributed by atoms with Crippen LogP contribution in [0.15, 0.2) is 48.7 Å². The third-order valence-corrected chi connectivity index (χ3v) is 4.90. The van der Waals surface area contributed by atoms with Gasteiger partial charge in [0.2, 0.25) is 0 Å². The molecule has 0 amide bonds. The van der Waals surface area contributed by atoms with E-state index < -0.39 is 11.7 Å². The monoisotopic (exact) mass is 412 g/mol. The molecule has 0 unspecified atom stereocenters. The number of rotatable bonds is 6. The second-order valence-corrected chi connectivity index (χ2v) is 8.68. The zero-order valence-electron chi connectivity index (χ0n) is 18.2. The normalized spacial score (nSPS) is 11.5. The molecule has 1 aromatic heterocycles. The summed E-state index contributed by atoms with van der Waals surface area (Å²) in [5.74, 6) is 0.116. The van der Waals surface area contributed by atoms with Gasteiger partial charge < -0.3 is 9.64 Å². The van der Waals surface area contributed by atoms with Crippen LogP contribution in [0.5, 0.6) is 5.75 Å². The Labute approximate surface area is 176 Å². The molecule has 3 rings (SSSR count). The summed E-state index contributed by atoms with van der Waals surface area (Å²) in [4.78, 5) is 18.6. The second-order valence-electron chi connectivity index (χ2n) is 8.68. The Morgan fingerprint density at radius 1 is 1.07 bits per heavy atom. The van der Waals surface area contributed by atoms with Crippen molar-refractivity contribution in [3.63, 3.8) is 0 Å². The lowest BCUT2D eigenvalue weighted by Gasteiger charge is -2.19. The number of hydrogen-bond acceptors (Lipinski definition) is 4. The molecule has 30 heavy (non-hydrogen) atoms. The van der Waals surface area contributed by atoms with E-state index in [0.717, 1.165) is 35.9 Å². The highest BCUT2D eigenvalue weighted by Gasteiger charge is 2.21. The van der Waals surface area contributed by atoms with Crippen molar-refractivity contribution in [1.29, 1.82) is 0 Å². The molecule has 1 heterocycles. The van der Waals surface area contributed by atoms with Crippen LogP contribution in [0.25, 0.3) is 10.9 Å². The first-order valence-corrected chi connectivity index (χ1v) is 10.1. The van der Waals surface area contributed by atoms with Gasteiger partial charge in [-0.3, -0.25) is 9.51 Å². The lowest BCUT2D eigenvalue weighted by molar-refractivity contribution is -0.00603. The molecule has 0 spiro atoms. The van der Waals surface area contributed by atoms with E-state index in [2.05, 4.69) is 34.1 Å². The first-order chi connectivity index (χ1) is 14.2. The van der Waals surface area contributed by atoms with Gasteiger partial charge in [-0.2, -0.15) is 0 Å². The summed E-state index contributed by atoms with van der Waals surface area (Å²) in [5.41, 5.74) is 3.45. The minimum absolute atomic E-state index is 0.116. The fraction of sp³-hybridized carbons (Fsp3) is 0.375. The van der Waals surface area contributed by atoms with Crippen molar-refractivity contribution in [2.24, 2.45) is 0 Å². The lowest BCUT2D eigenvalue weighted by atomic mass is 10.0. The fourth-order valence-electron chi connectivity index (χ4n) is 3.43. The zero-order valence-corrected chi connectivity index (χ0v) is 18.2. The highest BCUT2D eigenvalue weighted by molar-refractivity contribution is 5.93. The van der Waals surface area contributed by atoms with E-state index in [-0.39, 0.29) is 5.75 Å². The third kappa shape index (κ3) is 5.12. The van der Waals surface area contributed by atoms with Crippen LogP contribution in [0.2, 0.25) is 0 Å². The van der Waals surface area contributed by atoms with Crippen molar-refractivity contribution in [3.05, 3.63) is 59.8 Å². The topological polar surface area (TPSA) is 43.7 Å². The van der Waals surface area contributed by atoms with E-state index in [1.165, 1.54) is 16.2 Å². The molecule has 6 heteroatoms. The Hall–Kier alpha value is -3.02. The number of halogens is 1. The Morgan fingerprint density at radius 3 is 2.37 bits per heavy atom. The fourth-order valence-corrected chi connectivity index (χ4v) is 3.43. The Morgan fingerprint density at radius 2 is 1.77 bits per heavy atom. The first kappa shape index (κ1) is 21.7. The molecule has 0 bridgehead atoms. The predicted molar refractivity (Wildman–Crippen MR) is 118 cm³/mol. The van der Waals surface area contributed by atoms with E-state index in [4.69, 9.17) is 4.74 Å². The summed E-state index contributed by atoms with van der Waals surface area (Å²) in [6, 6.07) is 13.3. The number of carbonyl (C=O) groups excluding carboxylic acids is 1. The molecule has 0 radical (unpaired) electrons. The molecule has 3 aromatic rings. The number of aromatic nitrogens is 1. The van der Waals surface area contributed by atoms with Gasteiger partial charge in [-0.25, -0.2) is 4.79 Å². The summed E-state index contributed by atoms with van der Waals surface area (Å²) >= 11 is 0. The minimum atomic E-state index is -0.603. The maximum Gasteiger partial charge on any atom is 0.419 e. The molecule has 160 valence electrons. The SMILES string of the molecule is CN(C)c1ccc(CCCc2cn(C(=O)OC(C)(C)C)c3ccc(OF)cc23)cc1. The Kier molecular flexibility index (Phi) is 6.34. The number of ether oxygens (including phenoxy) is 1. The molecule has 2 aromatic carbocycles. The maximum absolute atomic E-state index is 12.7. The summed E-state index contributed by atoms with van der Waals surface area (Å²) in [5, 5.41) is 0.791. The van der Waals surface area contributed by atoms with Crippen LogP contribution in [0.1, 0.15) is 38.3 Å². The average Bonchev–Trinajstić information content (AvgIpc) is 3.05. The van der Waals surface area contributed by atoms with E-state index in [1.54, 1.807) is 18.3 Å². The maximum atomic E-state index is 12.7. The van der Waals surface area contributed by atoms with Gasteiger partial charge in [-0.05, 0) is 81.5 Å². The highest BCUT2D eigenvalue weighted by atomic mass is 19.3. The van der Waals surface area contributed by atoms with E-state index in [9.17, 15) is 9.32 Å². The van der Waals surface area contributed by atoms with Crippen LogP contribution < -0.4 is 9.84 Å². The molecule has 0 N–H and O–H groups in total. The minimum Gasteiger partial charge on any atom is -0.443 e. The van der Waals surface area contributed by atoms with Crippen LogP contribution in [0, 0.1) is 0 Å². The summed E-state index contributed by atoms with van der Waals surface area (Å²) in [6.45, 7) is 5.48. The molecule has 0 saturated heterocycles. The van der Waals surface area contributed by atoms with Gasteiger partial charge >= 0.3 is 6.09 Å². The number of hydrogen-bond donors (Lipinski definition) is 0. The van der Waals surface area contributed by atoms with Crippen LogP contribution in [0.3, 0.4) is 0 Å². The summed E-state index contributed by atoms with van der Waals surface area (Å²) < 4.78 is 19.7. The van der Waals surface area contributed by atoms with Gasteiger partial charge in [-0.1, -0.05) is 12.1 Å². The molecule has 0 aliphatic carbocycles. The first-order valence-electron chi connectivity index (χ1n) is 10.1. The second kappa shape index (κ2) is 8.78. The molecule has 0 fully saturated rings. The molecule has 0 saturated carbocycles. The lowest BCUT2D eigenvalue weighted by Crippen LogP contribution is -2.26. The number of aryl methyl sites for hydroxylation is 2. The molecule has 0 aliphatic rings. The van der Waals surface area contributed by atoms with Crippen LogP contribution in [-0.4, -0.2) is 30.4 Å². The number of nitrogens with zero attached hydrogens (tertiary/aromatic N) is 2. The smallest absolute Gasteiger partial charge is 0.419 e. The molecule has 0 atom stereocenters.